The fourth-order valence-corrected chi connectivity index (χ4v) is 3.31. The van der Waals surface area contributed by atoms with Crippen molar-refractivity contribution in [3.05, 3.63) is 35.9 Å². The minimum absolute atomic E-state index is 0.390. The average Bonchev–Trinajstić information content (AvgIpc) is 2.52. The Bertz CT molecular complexity index is 340. The van der Waals surface area contributed by atoms with Crippen LogP contribution in [0.1, 0.15) is 97.0 Å². The third-order valence-corrected chi connectivity index (χ3v) is 4.88. The van der Waals surface area contributed by atoms with Crippen LogP contribution in [0.3, 0.4) is 0 Å². The van der Waals surface area contributed by atoms with Crippen LogP contribution in [-0.2, 0) is 5.41 Å². The van der Waals surface area contributed by atoms with Crippen molar-refractivity contribution in [2.24, 2.45) is 0 Å². The van der Waals surface area contributed by atoms with E-state index in [4.69, 9.17) is 0 Å². The molecule has 0 bridgehead atoms. The van der Waals surface area contributed by atoms with Crippen LogP contribution in [-0.4, -0.2) is 0 Å². The highest BCUT2D eigenvalue weighted by molar-refractivity contribution is 5.24. The van der Waals surface area contributed by atoms with E-state index in [-0.39, 0.29) is 0 Å². The van der Waals surface area contributed by atoms with Gasteiger partial charge in [0.05, 0.1) is 0 Å². The van der Waals surface area contributed by atoms with Gasteiger partial charge in [-0.25, -0.2) is 0 Å². The summed E-state index contributed by atoms with van der Waals surface area (Å²) in [6.07, 6.45) is 15.2. The fourth-order valence-electron chi connectivity index (χ4n) is 3.31. The Morgan fingerprint density at radius 1 is 0.667 bits per heavy atom. The third-order valence-electron chi connectivity index (χ3n) is 4.88. The third kappa shape index (κ3) is 7.16. The molecule has 0 radical (unpaired) electrons. The summed E-state index contributed by atoms with van der Waals surface area (Å²) in [4.78, 5) is 0. The average molecular weight is 289 g/mol. The smallest absolute Gasteiger partial charge is 0.00753 e. The molecule has 0 aliphatic carbocycles. The van der Waals surface area contributed by atoms with Crippen LogP contribution in [0.4, 0.5) is 0 Å². The van der Waals surface area contributed by atoms with Crippen LogP contribution in [0.25, 0.3) is 0 Å². The van der Waals surface area contributed by atoms with Gasteiger partial charge in [0.2, 0.25) is 0 Å². The lowest BCUT2D eigenvalue weighted by Crippen LogP contribution is -2.22. The quantitative estimate of drug-likeness (QED) is 0.355. The number of hydrogen-bond acceptors (Lipinski definition) is 0. The molecule has 1 unspecified atom stereocenters. The standard InChI is InChI=1S/C21H36/c1-4-6-8-10-15-19-21(3,18-14-9-7-5-2)20-16-12-11-13-17-20/h11-13,16-17H,4-10,14-15,18-19H2,1-3H3. The number of rotatable bonds is 12. The number of benzene rings is 1. The first-order chi connectivity index (χ1) is 10.2. The molecule has 1 rings (SSSR count). The molecule has 0 aliphatic heterocycles. The lowest BCUT2D eigenvalue weighted by atomic mass is 9.74. The highest BCUT2D eigenvalue weighted by Gasteiger charge is 2.25. The van der Waals surface area contributed by atoms with Crippen molar-refractivity contribution < 1.29 is 0 Å². The highest BCUT2D eigenvalue weighted by atomic mass is 14.3. The Morgan fingerprint density at radius 3 is 1.67 bits per heavy atom. The summed E-state index contributed by atoms with van der Waals surface area (Å²) in [7, 11) is 0. The topological polar surface area (TPSA) is 0 Å². The van der Waals surface area contributed by atoms with Gasteiger partial charge < -0.3 is 0 Å². The molecule has 0 saturated carbocycles. The van der Waals surface area contributed by atoms with Gasteiger partial charge in [0.25, 0.3) is 0 Å². The van der Waals surface area contributed by atoms with Crippen molar-refractivity contribution in [3.8, 4) is 0 Å². The van der Waals surface area contributed by atoms with Gasteiger partial charge in [-0.15, -0.1) is 0 Å². The van der Waals surface area contributed by atoms with Crippen LogP contribution in [0.2, 0.25) is 0 Å². The van der Waals surface area contributed by atoms with E-state index < -0.39 is 0 Å². The minimum Gasteiger partial charge on any atom is -0.0654 e. The molecule has 0 nitrogen and oxygen atoms in total. The van der Waals surface area contributed by atoms with Crippen molar-refractivity contribution in [2.45, 2.75) is 96.8 Å². The molecule has 0 aromatic heterocycles. The van der Waals surface area contributed by atoms with Crippen LogP contribution < -0.4 is 0 Å². The largest absolute Gasteiger partial charge is 0.0654 e. The molecule has 21 heavy (non-hydrogen) atoms. The van der Waals surface area contributed by atoms with Gasteiger partial charge in [0, 0.05) is 0 Å². The van der Waals surface area contributed by atoms with Crippen molar-refractivity contribution >= 4 is 0 Å². The lowest BCUT2D eigenvalue weighted by molar-refractivity contribution is 0.363. The molecule has 0 N–H and O–H groups in total. The first-order valence-corrected chi connectivity index (χ1v) is 9.28. The minimum atomic E-state index is 0.390. The molecule has 0 saturated heterocycles. The maximum Gasteiger partial charge on any atom is -0.00753 e. The Kier molecular flexibility index (Phi) is 9.46. The van der Waals surface area contributed by atoms with E-state index in [0.29, 0.717) is 5.41 Å². The maximum atomic E-state index is 2.49. The van der Waals surface area contributed by atoms with Gasteiger partial charge in [-0.1, -0.05) is 109 Å². The molecule has 1 aromatic carbocycles. The first-order valence-electron chi connectivity index (χ1n) is 9.28. The van der Waals surface area contributed by atoms with Gasteiger partial charge >= 0.3 is 0 Å². The zero-order chi connectivity index (χ0) is 15.4. The molecular formula is C21H36. The molecule has 0 heteroatoms. The zero-order valence-corrected chi connectivity index (χ0v) is 14.7. The normalized spacial score (nSPS) is 14.0. The van der Waals surface area contributed by atoms with E-state index in [2.05, 4.69) is 51.1 Å². The van der Waals surface area contributed by atoms with E-state index in [0.717, 1.165) is 0 Å². The summed E-state index contributed by atoms with van der Waals surface area (Å²) in [6, 6.07) is 11.2. The lowest BCUT2D eigenvalue weighted by Gasteiger charge is -2.31. The predicted octanol–water partition coefficient (Wildman–Crippen LogP) is 7.28. The maximum absolute atomic E-state index is 2.49. The van der Waals surface area contributed by atoms with E-state index in [9.17, 15) is 0 Å². The zero-order valence-electron chi connectivity index (χ0n) is 14.7. The highest BCUT2D eigenvalue weighted by Crippen LogP contribution is 2.35. The SMILES string of the molecule is CCCCCCCC(C)(CCCCCC)c1ccccc1. The van der Waals surface area contributed by atoms with Crippen molar-refractivity contribution in [2.75, 3.05) is 0 Å². The molecule has 120 valence electrons. The van der Waals surface area contributed by atoms with Gasteiger partial charge in [-0.3, -0.25) is 0 Å². The van der Waals surface area contributed by atoms with Crippen LogP contribution in [0.15, 0.2) is 30.3 Å². The second kappa shape index (κ2) is 10.9. The molecule has 0 aliphatic rings. The molecule has 0 fully saturated rings. The van der Waals surface area contributed by atoms with Gasteiger partial charge in [0.15, 0.2) is 0 Å². The second-order valence-corrected chi connectivity index (χ2v) is 6.90. The first kappa shape index (κ1) is 18.3. The summed E-state index contributed by atoms with van der Waals surface area (Å²) in [5.41, 5.74) is 1.94. The van der Waals surface area contributed by atoms with Crippen molar-refractivity contribution in [1.29, 1.82) is 0 Å². The van der Waals surface area contributed by atoms with Gasteiger partial charge in [-0.05, 0) is 23.8 Å². The van der Waals surface area contributed by atoms with E-state index in [1.54, 1.807) is 5.56 Å². The Labute approximate surface area is 133 Å². The molecule has 0 heterocycles. The molecule has 0 amide bonds. The predicted molar refractivity (Wildman–Crippen MR) is 95.9 cm³/mol. The molecule has 1 aromatic rings. The van der Waals surface area contributed by atoms with Crippen LogP contribution >= 0.6 is 0 Å². The summed E-state index contributed by atoms with van der Waals surface area (Å²) >= 11 is 0. The van der Waals surface area contributed by atoms with E-state index >= 15 is 0 Å². The number of unbranched alkanes of at least 4 members (excludes halogenated alkanes) is 7. The summed E-state index contributed by atoms with van der Waals surface area (Å²) in [5.74, 6) is 0. The van der Waals surface area contributed by atoms with E-state index in [1.807, 2.05) is 0 Å². The summed E-state index contributed by atoms with van der Waals surface area (Å²) in [5, 5.41) is 0. The van der Waals surface area contributed by atoms with Crippen molar-refractivity contribution in [3.63, 3.8) is 0 Å². The second-order valence-electron chi connectivity index (χ2n) is 6.90. The van der Waals surface area contributed by atoms with E-state index in [1.165, 1.54) is 70.6 Å². The monoisotopic (exact) mass is 288 g/mol. The summed E-state index contributed by atoms with van der Waals surface area (Å²) in [6.45, 7) is 7.08. The number of hydrogen-bond donors (Lipinski definition) is 0. The Morgan fingerprint density at radius 2 is 1.14 bits per heavy atom. The molecule has 1 atom stereocenters. The molecular weight excluding hydrogens is 252 g/mol. The Hall–Kier alpha value is -0.780. The Balaban J connectivity index is 2.52. The fraction of sp³-hybridized carbons (Fsp3) is 0.714. The van der Waals surface area contributed by atoms with Crippen LogP contribution in [0.5, 0.6) is 0 Å². The molecule has 0 spiro atoms. The van der Waals surface area contributed by atoms with Crippen molar-refractivity contribution in [1.82, 2.24) is 0 Å². The van der Waals surface area contributed by atoms with Gasteiger partial charge in [-0.2, -0.15) is 0 Å². The van der Waals surface area contributed by atoms with Crippen LogP contribution in [0, 0.1) is 0 Å². The summed E-state index contributed by atoms with van der Waals surface area (Å²) < 4.78 is 0. The van der Waals surface area contributed by atoms with Gasteiger partial charge in [0.1, 0.15) is 0 Å².